The molecule has 0 atom stereocenters. The van der Waals surface area contributed by atoms with Gasteiger partial charge < -0.3 is 98.7 Å². The van der Waals surface area contributed by atoms with Gasteiger partial charge in [-0.15, -0.1) is 0 Å². The zero-order valence-corrected chi connectivity index (χ0v) is 47.4. The minimum atomic E-state index is -0.0632. The van der Waals surface area contributed by atoms with Gasteiger partial charge in [0.2, 0.25) is 0 Å². The molecule has 5 rings (SSSR count). The minimum absolute atomic E-state index is 0.0632. The molecule has 0 spiro atoms. The zero-order valence-electron chi connectivity index (χ0n) is 47.4. The number of hydrogen-bond acceptors (Lipinski definition) is 16. The SMILES string of the molecule is OCCOCCCc1c2[nH]c(c1CCCOCCO)C=c1[nH]c(c(CCCOCCO)c1CCCOCCO)=Cc1[nH]c(c(CCCOCCO)c1CCCOCCO)C=c1[nH]c(c(CCCOCCO)c1CCCOCCO)=C2. The monoisotopic (exact) mass is 1130 g/mol. The van der Waals surface area contributed by atoms with E-state index >= 15 is 0 Å². The smallest absolute Gasteiger partial charge is 0.0697 e. The number of nitrogens with one attached hydrogen (secondary N) is 4. The average Bonchev–Trinajstić information content (AvgIpc) is 4.20. The Morgan fingerprint density at radius 1 is 0.212 bits per heavy atom. The molecule has 80 heavy (non-hydrogen) atoms. The van der Waals surface area contributed by atoms with Crippen LogP contribution in [0.3, 0.4) is 0 Å². The standard InChI is InChI=1S/C60H96N4O16/c65-17-33-73-25-1-9-45-46(10-2-26-74-34-18-66)54-42-56-49(13-5-29-77-37-21-69)50(14-6-30-78-38-22-70)58(63-56)44-60-52(16-8-32-80-40-24-72)51(15-7-31-79-39-23-71)59(64-60)43-57-48(12-4-28-76-36-20-68)47(11-3-27-75-35-19-67)55(62-57)41-53(45)61-54/h41-44,61-72H,1-40H2. The summed E-state index contributed by atoms with van der Waals surface area (Å²) in [7, 11) is 0. The largest absolute Gasteiger partial charge is 0.394 e. The van der Waals surface area contributed by atoms with E-state index in [9.17, 15) is 40.9 Å². The number of aliphatic hydroxyl groups is 8. The van der Waals surface area contributed by atoms with Crippen molar-refractivity contribution >= 4 is 24.3 Å². The molecule has 0 aromatic carbocycles. The molecule has 0 aliphatic carbocycles. The first kappa shape index (κ1) is 66.8. The van der Waals surface area contributed by atoms with Crippen LogP contribution in [0.25, 0.3) is 24.3 Å². The van der Waals surface area contributed by atoms with Crippen molar-refractivity contribution in [1.82, 2.24) is 19.9 Å². The average molecular weight is 1130 g/mol. The molecule has 4 aromatic heterocycles. The number of ether oxygens (including phenoxy) is 8. The van der Waals surface area contributed by atoms with Crippen LogP contribution >= 0.6 is 0 Å². The molecule has 0 amide bonds. The van der Waals surface area contributed by atoms with Crippen LogP contribution in [-0.2, 0) is 89.3 Å². The first-order valence-electron chi connectivity index (χ1n) is 29.3. The van der Waals surface area contributed by atoms with Crippen LogP contribution in [0.15, 0.2) is 0 Å². The Morgan fingerprint density at radius 2 is 0.375 bits per heavy atom. The van der Waals surface area contributed by atoms with Gasteiger partial charge in [0.1, 0.15) is 0 Å². The fourth-order valence-corrected chi connectivity index (χ4v) is 10.5. The highest BCUT2D eigenvalue weighted by molar-refractivity contribution is 5.66. The zero-order chi connectivity index (χ0) is 56.8. The minimum Gasteiger partial charge on any atom is -0.394 e. The summed E-state index contributed by atoms with van der Waals surface area (Å²) in [6.45, 7) is 5.17. The maximum absolute atomic E-state index is 9.57. The van der Waals surface area contributed by atoms with E-state index in [2.05, 4.69) is 44.2 Å². The fourth-order valence-electron chi connectivity index (χ4n) is 10.5. The third-order valence-corrected chi connectivity index (χ3v) is 13.9. The first-order chi connectivity index (χ1) is 39.5. The van der Waals surface area contributed by atoms with E-state index in [0.717, 1.165) is 88.7 Å². The van der Waals surface area contributed by atoms with Crippen molar-refractivity contribution in [2.45, 2.75) is 103 Å². The lowest BCUT2D eigenvalue weighted by molar-refractivity contribution is 0.0903. The van der Waals surface area contributed by atoms with Gasteiger partial charge in [0, 0.05) is 97.0 Å². The van der Waals surface area contributed by atoms with Gasteiger partial charge in [-0.2, -0.15) is 0 Å². The van der Waals surface area contributed by atoms with E-state index in [-0.39, 0.29) is 106 Å². The van der Waals surface area contributed by atoms with E-state index in [4.69, 9.17) is 37.9 Å². The maximum atomic E-state index is 9.57. The second kappa shape index (κ2) is 41.0. The lowest BCUT2D eigenvalue weighted by Crippen LogP contribution is -2.14. The van der Waals surface area contributed by atoms with Gasteiger partial charge in [0.15, 0.2) is 0 Å². The van der Waals surface area contributed by atoms with Crippen molar-refractivity contribution < 1.29 is 78.7 Å². The van der Waals surface area contributed by atoms with Gasteiger partial charge in [-0.05, 0) is 172 Å². The van der Waals surface area contributed by atoms with Crippen molar-refractivity contribution in [2.24, 2.45) is 0 Å². The van der Waals surface area contributed by atoms with Gasteiger partial charge in [-0.3, -0.25) is 0 Å². The third kappa shape index (κ3) is 22.6. The predicted molar refractivity (Wildman–Crippen MR) is 306 cm³/mol. The Morgan fingerprint density at radius 3 is 0.537 bits per heavy atom. The molecule has 8 bridgehead atoms. The number of aliphatic hydroxyl groups excluding tert-OH is 8. The van der Waals surface area contributed by atoms with Gasteiger partial charge in [-0.1, -0.05) is 0 Å². The third-order valence-electron chi connectivity index (χ3n) is 13.9. The van der Waals surface area contributed by atoms with Gasteiger partial charge in [0.05, 0.1) is 106 Å². The number of aromatic amines is 4. The molecule has 0 unspecified atom stereocenters. The molecule has 5 heterocycles. The second-order valence-corrected chi connectivity index (χ2v) is 19.7. The Hall–Kier alpha value is -4.04. The van der Waals surface area contributed by atoms with E-state index in [1.807, 2.05) is 0 Å². The van der Waals surface area contributed by atoms with E-state index < -0.39 is 0 Å². The second-order valence-electron chi connectivity index (χ2n) is 19.7. The summed E-state index contributed by atoms with van der Waals surface area (Å²) in [6.07, 6.45) is 19.9. The summed E-state index contributed by atoms with van der Waals surface area (Å²) >= 11 is 0. The van der Waals surface area contributed by atoms with Crippen molar-refractivity contribution in [2.75, 3.05) is 159 Å². The highest BCUT2D eigenvalue weighted by atomic mass is 16.5. The van der Waals surface area contributed by atoms with Crippen LogP contribution in [0.4, 0.5) is 0 Å². The van der Waals surface area contributed by atoms with Crippen molar-refractivity contribution in [3.05, 3.63) is 88.7 Å². The van der Waals surface area contributed by atoms with Crippen LogP contribution in [0.5, 0.6) is 0 Å². The maximum Gasteiger partial charge on any atom is 0.0697 e. The summed E-state index contributed by atoms with van der Waals surface area (Å²) in [5, 5.41) is 80.3. The Labute approximate surface area is 471 Å². The van der Waals surface area contributed by atoms with Gasteiger partial charge in [0.25, 0.3) is 0 Å². The fraction of sp³-hybridized carbons (Fsp3) is 0.667. The van der Waals surface area contributed by atoms with Crippen LogP contribution < -0.4 is 21.4 Å². The molecule has 4 aromatic rings. The molecule has 0 fully saturated rings. The molecule has 12 N–H and O–H groups in total. The van der Waals surface area contributed by atoms with Crippen molar-refractivity contribution in [1.29, 1.82) is 0 Å². The summed E-state index contributed by atoms with van der Waals surface area (Å²) < 4.78 is 46.6. The topological polar surface area (TPSA) is 299 Å². The summed E-state index contributed by atoms with van der Waals surface area (Å²) in [6, 6.07) is 0. The number of fused-ring (bicyclic) bond motifs is 8. The van der Waals surface area contributed by atoms with Crippen LogP contribution in [-0.4, -0.2) is 219 Å². The van der Waals surface area contributed by atoms with E-state index in [0.29, 0.717) is 156 Å². The number of hydrogen-bond donors (Lipinski definition) is 12. The van der Waals surface area contributed by atoms with Gasteiger partial charge in [-0.25, -0.2) is 0 Å². The Balaban J connectivity index is 1.94. The van der Waals surface area contributed by atoms with E-state index in [1.54, 1.807) is 0 Å². The molecule has 20 heteroatoms. The highest BCUT2D eigenvalue weighted by Gasteiger charge is 2.22. The Kier molecular flexibility index (Phi) is 34.2. The summed E-state index contributed by atoms with van der Waals surface area (Å²) in [5.74, 6) is 0. The van der Waals surface area contributed by atoms with Crippen molar-refractivity contribution in [3.8, 4) is 0 Å². The van der Waals surface area contributed by atoms with Crippen LogP contribution in [0, 0.1) is 0 Å². The van der Waals surface area contributed by atoms with Gasteiger partial charge >= 0.3 is 0 Å². The van der Waals surface area contributed by atoms with Crippen LogP contribution in [0.1, 0.15) is 119 Å². The normalized spacial score (nSPS) is 12.3. The van der Waals surface area contributed by atoms with E-state index in [1.165, 1.54) is 0 Å². The summed E-state index contributed by atoms with van der Waals surface area (Å²) in [4.78, 5) is 15.7. The van der Waals surface area contributed by atoms with Crippen LogP contribution in [0.2, 0.25) is 0 Å². The molecular weight excluding hydrogens is 1030 g/mol. The molecule has 1 aliphatic heterocycles. The lowest BCUT2D eigenvalue weighted by Gasteiger charge is -2.09. The predicted octanol–water partition coefficient (Wildman–Crippen LogP) is 0.160. The molecule has 0 saturated carbocycles. The summed E-state index contributed by atoms with van der Waals surface area (Å²) in [5.41, 5.74) is 12.8. The molecule has 20 nitrogen and oxygen atoms in total. The van der Waals surface area contributed by atoms with Crippen molar-refractivity contribution in [3.63, 3.8) is 0 Å². The molecule has 0 saturated heterocycles. The molecule has 1 aliphatic rings. The molecular formula is C60H96N4O16. The quantitative estimate of drug-likeness (QED) is 0.0231. The Bertz CT molecular complexity index is 2200. The number of rotatable bonds is 48. The molecule has 452 valence electrons. The molecule has 0 radical (unpaired) electrons. The lowest BCUT2D eigenvalue weighted by atomic mass is 9.97. The highest BCUT2D eigenvalue weighted by Crippen LogP contribution is 2.27. The number of aromatic nitrogens is 4. The first-order valence-corrected chi connectivity index (χ1v) is 29.3. The number of H-pyrrole nitrogens is 4.